The van der Waals surface area contributed by atoms with Crippen LogP contribution >= 0.6 is 23.2 Å². The number of nitrogens with zero attached hydrogens (tertiary/aromatic N) is 3. The fourth-order valence-corrected chi connectivity index (χ4v) is 3.97. The fourth-order valence-electron chi connectivity index (χ4n) is 3.65. The number of carbonyl (C=O) groups is 1. The Morgan fingerprint density at radius 1 is 1.18 bits per heavy atom. The van der Waals surface area contributed by atoms with Crippen LogP contribution in [0.2, 0.25) is 10.0 Å². The Labute approximate surface area is 138 Å². The molecule has 1 aromatic carbocycles. The second kappa shape index (κ2) is 5.11. The minimum Gasteiger partial charge on any atom is -0.335 e. The maximum atomic E-state index is 12.7. The van der Waals surface area contributed by atoms with Crippen molar-refractivity contribution in [3.05, 3.63) is 28.0 Å². The molecule has 2 aliphatic heterocycles. The zero-order chi connectivity index (χ0) is 15.4. The van der Waals surface area contributed by atoms with Crippen LogP contribution in [0.4, 0.5) is 0 Å². The molecule has 4 rings (SSSR count). The first-order chi connectivity index (χ1) is 10.5. The molecule has 2 atom stereocenters. The molecular formula is C15H16Cl2N4O. The highest BCUT2D eigenvalue weighted by atomic mass is 35.5. The molecule has 0 aliphatic carbocycles. The van der Waals surface area contributed by atoms with Gasteiger partial charge in [-0.25, -0.2) is 4.98 Å². The molecule has 1 N–H and O–H groups in total. The van der Waals surface area contributed by atoms with Gasteiger partial charge in [0, 0.05) is 26.2 Å². The summed E-state index contributed by atoms with van der Waals surface area (Å²) in [6.45, 7) is 3.76. The Balaban J connectivity index is 1.58. The lowest BCUT2D eigenvalue weighted by atomic mass is 10.0. The second-order valence-electron chi connectivity index (χ2n) is 6.32. The lowest BCUT2D eigenvalue weighted by Gasteiger charge is -2.18. The van der Waals surface area contributed by atoms with E-state index in [4.69, 9.17) is 23.2 Å². The van der Waals surface area contributed by atoms with Gasteiger partial charge in [-0.2, -0.15) is 0 Å². The maximum absolute atomic E-state index is 12.7. The monoisotopic (exact) mass is 338 g/mol. The molecule has 2 aliphatic rings. The summed E-state index contributed by atoms with van der Waals surface area (Å²) >= 11 is 12.0. The van der Waals surface area contributed by atoms with Gasteiger partial charge in [0.25, 0.3) is 5.91 Å². The molecule has 2 aromatic rings. The Kier molecular flexibility index (Phi) is 3.33. The molecule has 5 nitrogen and oxygen atoms in total. The Hall–Kier alpha value is -1.30. The zero-order valence-corrected chi connectivity index (χ0v) is 13.7. The van der Waals surface area contributed by atoms with Gasteiger partial charge < -0.3 is 14.8 Å². The lowest BCUT2D eigenvalue weighted by molar-refractivity contribution is 0.0765. The van der Waals surface area contributed by atoms with Crippen molar-refractivity contribution in [1.82, 2.24) is 19.8 Å². The molecule has 0 radical (unpaired) electrons. The number of fused-ring (bicyclic) bond motifs is 2. The summed E-state index contributed by atoms with van der Waals surface area (Å²) in [6.07, 6.45) is 0. The number of benzene rings is 1. The highest BCUT2D eigenvalue weighted by molar-refractivity contribution is 6.42. The van der Waals surface area contributed by atoms with Crippen molar-refractivity contribution in [3.63, 3.8) is 0 Å². The van der Waals surface area contributed by atoms with E-state index in [-0.39, 0.29) is 5.91 Å². The van der Waals surface area contributed by atoms with Gasteiger partial charge in [-0.15, -0.1) is 0 Å². The molecular weight excluding hydrogens is 323 g/mol. The quantitative estimate of drug-likeness (QED) is 0.869. The first kappa shape index (κ1) is 14.3. The third-order valence-corrected chi connectivity index (χ3v) is 5.40. The number of hydrogen-bond acceptors (Lipinski definition) is 3. The molecule has 0 spiro atoms. The van der Waals surface area contributed by atoms with Crippen LogP contribution in [-0.2, 0) is 0 Å². The molecule has 116 valence electrons. The van der Waals surface area contributed by atoms with E-state index in [1.165, 1.54) is 0 Å². The third-order valence-electron chi connectivity index (χ3n) is 4.68. The van der Waals surface area contributed by atoms with Crippen LogP contribution in [0, 0.1) is 11.8 Å². The predicted octanol–water partition coefficient (Wildman–Crippen LogP) is 2.50. The van der Waals surface area contributed by atoms with Gasteiger partial charge in [-0.3, -0.25) is 4.79 Å². The van der Waals surface area contributed by atoms with Crippen LogP contribution in [0.1, 0.15) is 10.6 Å². The van der Waals surface area contributed by atoms with Crippen molar-refractivity contribution >= 4 is 40.1 Å². The third kappa shape index (κ3) is 2.28. The number of nitrogens with one attached hydrogen (secondary N) is 1. The second-order valence-corrected chi connectivity index (χ2v) is 7.13. The number of hydrogen-bond donors (Lipinski definition) is 1. The molecule has 2 saturated heterocycles. The van der Waals surface area contributed by atoms with E-state index in [9.17, 15) is 4.79 Å². The van der Waals surface area contributed by atoms with Gasteiger partial charge in [0.05, 0.1) is 21.1 Å². The molecule has 7 heteroatoms. The van der Waals surface area contributed by atoms with Gasteiger partial charge >= 0.3 is 0 Å². The minimum absolute atomic E-state index is 0.0412. The highest BCUT2D eigenvalue weighted by Gasteiger charge is 2.41. The summed E-state index contributed by atoms with van der Waals surface area (Å²) < 4.78 is 0. The number of rotatable bonds is 1. The van der Waals surface area contributed by atoms with Crippen molar-refractivity contribution in [2.24, 2.45) is 11.8 Å². The van der Waals surface area contributed by atoms with E-state index in [2.05, 4.69) is 21.9 Å². The summed E-state index contributed by atoms with van der Waals surface area (Å²) in [4.78, 5) is 24.3. The number of carbonyl (C=O) groups excluding carboxylic acids is 1. The Morgan fingerprint density at radius 3 is 2.50 bits per heavy atom. The summed E-state index contributed by atoms with van der Waals surface area (Å²) in [6, 6.07) is 3.39. The van der Waals surface area contributed by atoms with Crippen molar-refractivity contribution in [1.29, 1.82) is 0 Å². The largest absolute Gasteiger partial charge is 0.335 e. The molecule has 0 saturated carbocycles. The lowest BCUT2D eigenvalue weighted by Crippen LogP contribution is -2.32. The number of aromatic amines is 1. The average molecular weight is 339 g/mol. The topological polar surface area (TPSA) is 52.2 Å². The normalized spacial score (nSPS) is 25.1. The maximum Gasteiger partial charge on any atom is 0.289 e. The molecule has 1 aromatic heterocycles. The molecule has 22 heavy (non-hydrogen) atoms. The van der Waals surface area contributed by atoms with E-state index in [0.717, 1.165) is 31.7 Å². The molecule has 0 unspecified atom stereocenters. The number of aromatic nitrogens is 2. The van der Waals surface area contributed by atoms with Crippen molar-refractivity contribution in [2.75, 3.05) is 33.2 Å². The first-order valence-electron chi connectivity index (χ1n) is 7.34. The number of amides is 1. The molecule has 1 amide bonds. The summed E-state index contributed by atoms with van der Waals surface area (Å²) in [5.41, 5.74) is 1.40. The molecule has 2 fully saturated rings. The van der Waals surface area contributed by atoms with Crippen LogP contribution < -0.4 is 0 Å². The van der Waals surface area contributed by atoms with E-state index < -0.39 is 0 Å². The number of H-pyrrole nitrogens is 1. The SMILES string of the molecule is CN1C[C@@H]2CN(C(=O)c3nc4cc(Cl)c(Cl)cc4[nH]3)C[C@@H]2C1. The van der Waals surface area contributed by atoms with E-state index in [1.807, 2.05) is 4.90 Å². The van der Waals surface area contributed by atoms with Crippen LogP contribution in [0.15, 0.2) is 12.1 Å². The van der Waals surface area contributed by atoms with E-state index in [0.29, 0.717) is 33.2 Å². The van der Waals surface area contributed by atoms with E-state index in [1.54, 1.807) is 12.1 Å². The van der Waals surface area contributed by atoms with Crippen molar-refractivity contribution in [3.8, 4) is 0 Å². The van der Waals surface area contributed by atoms with Crippen molar-refractivity contribution < 1.29 is 4.79 Å². The molecule has 3 heterocycles. The number of imidazole rings is 1. The van der Waals surface area contributed by atoms with Crippen molar-refractivity contribution in [2.45, 2.75) is 0 Å². The standard InChI is InChI=1S/C15H16Cl2N4O/c1-20-4-8-6-21(7-9(8)5-20)15(22)14-18-12-2-10(16)11(17)3-13(12)19-14/h2-3,8-9H,4-7H2,1H3,(H,18,19)/t8-,9+. The smallest absolute Gasteiger partial charge is 0.289 e. The minimum atomic E-state index is -0.0412. The summed E-state index contributed by atoms with van der Waals surface area (Å²) in [7, 11) is 2.14. The van der Waals surface area contributed by atoms with Crippen LogP contribution in [0.25, 0.3) is 11.0 Å². The Morgan fingerprint density at radius 2 is 1.82 bits per heavy atom. The Bertz CT molecular complexity index is 706. The van der Waals surface area contributed by atoms with Gasteiger partial charge in [0.15, 0.2) is 5.82 Å². The van der Waals surface area contributed by atoms with Gasteiger partial charge in [-0.05, 0) is 31.0 Å². The van der Waals surface area contributed by atoms with Crippen LogP contribution in [0.3, 0.4) is 0 Å². The summed E-state index contributed by atoms with van der Waals surface area (Å²) in [5.74, 6) is 1.49. The highest BCUT2D eigenvalue weighted by Crippen LogP contribution is 2.31. The van der Waals surface area contributed by atoms with E-state index >= 15 is 0 Å². The predicted molar refractivity (Wildman–Crippen MR) is 86.5 cm³/mol. The van der Waals surface area contributed by atoms with Crippen LogP contribution in [-0.4, -0.2) is 58.9 Å². The van der Waals surface area contributed by atoms with Crippen LogP contribution in [0.5, 0.6) is 0 Å². The fraction of sp³-hybridized carbons (Fsp3) is 0.467. The number of halogens is 2. The number of likely N-dealkylation sites (tertiary alicyclic amines) is 2. The summed E-state index contributed by atoms with van der Waals surface area (Å²) in [5, 5.41) is 0.897. The van der Waals surface area contributed by atoms with Gasteiger partial charge in [-0.1, -0.05) is 23.2 Å². The molecule has 0 bridgehead atoms. The zero-order valence-electron chi connectivity index (χ0n) is 12.1. The average Bonchev–Trinajstić information content (AvgIpc) is 3.10. The van der Waals surface area contributed by atoms with Gasteiger partial charge in [0.2, 0.25) is 0 Å². The first-order valence-corrected chi connectivity index (χ1v) is 8.09. The van der Waals surface area contributed by atoms with Gasteiger partial charge in [0.1, 0.15) is 0 Å².